The summed E-state index contributed by atoms with van der Waals surface area (Å²) in [6, 6.07) is 8.08. The van der Waals surface area contributed by atoms with Crippen LogP contribution in [0, 0.1) is 11.8 Å². The van der Waals surface area contributed by atoms with Crippen molar-refractivity contribution in [1.29, 1.82) is 0 Å². The molecule has 0 unspecified atom stereocenters. The molecule has 0 aliphatic heterocycles. The first-order valence-electron chi connectivity index (χ1n) is 5.56. The van der Waals surface area contributed by atoms with Crippen molar-refractivity contribution in [2.45, 2.75) is 10.8 Å². The van der Waals surface area contributed by atoms with Crippen LogP contribution in [0.2, 0.25) is 0 Å². The first kappa shape index (κ1) is 12.6. The predicted molar refractivity (Wildman–Crippen MR) is 74.0 cm³/mol. The summed E-state index contributed by atoms with van der Waals surface area (Å²) in [7, 11) is 0. The number of nitrogens with two attached hydrogens (primary N) is 1. The van der Waals surface area contributed by atoms with E-state index in [1.54, 1.807) is 30.4 Å². The van der Waals surface area contributed by atoms with E-state index in [-0.39, 0.29) is 0 Å². The van der Waals surface area contributed by atoms with E-state index < -0.39 is 0 Å². The average molecular weight is 255 g/mol. The van der Waals surface area contributed by atoms with Crippen molar-refractivity contribution in [3.63, 3.8) is 0 Å². The van der Waals surface area contributed by atoms with E-state index in [9.17, 15) is 0 Å². The van der Waals surface area contributed by atoms with Crippen LogP contribution in [-0.4, -0.2) is 16.5 Å². The molecule has 3 nitrogen and oxygen atoms in total. The van der Waals surface area contributed by atoms with Crippen molar-refractivity contribution in [2.75, 3.05) is 6.54 Å². The average Bonchev–Trinajstić information content (AvgIpc) is 2.45. The molecule has 90 valence electrons. The summed E-state index contributed by atoms with van der Waals surface area (Å²) in [5, 5.41) is 0.916. The molecule has 0 saturated heterocycles. The standard InChI is InChI=1S/C14H13N3S/c15-7-3-6-12-4-1-2-5-13(12)11-18-14-10-16-8-9-17-14/h1-2,4-5,8-10H,7,11,15H2. The number of benzene rings is 1. The number of hydrogen-bond acceptors (Lipinski definition) is 4. The summed E-state index contributed by atoms with van der Waals surface area (Å²) in [4.78, 5) is 8.27. The summed E-state index contributed by atoms with van der Waals surface area (Å²) in [5.74, 6) is 6.80. The maximum absolute atomic E-state index is 5.39. The Hall–Kier alpha value is -1.83. The third-order valence-corrected chi connectivity index (χ3v) is 3.22. The van der Waals surface area contributed by atoms with Crippen molar-refractivity contribution in [2.24, 2.45) is 5.73 Å². The number of nitrogens with zero attached hydrogens (tertiary/aromatic N) is 2. The molecule has 1 aromatic carbocycles. The third kappa shape index (κ3) is 3.59. The highest BCUT2D eigenvalue weighted by Crippen LogP contribution is 2.21. The van der Waals surface area contributed by atoms with Gasteiger partial charge in [-0.2, -0.15) is 0 Å². The lowest BCUT2D eigenvalue weighted by Gasteiger charge is -2.03. The van der Waals surface area contributed by atoms with Crippen molar-refractivity contribution in [3.05, 3.63) is 54.0 Å². The summed E-state index contributed by atoms with van der Waals surface area (Å²) in [6.07, 6.45) is 5.13. The van der Waals surface area contributed by atoms with Crippen molar-refractivity contribution in [1.82, 2.24) is 9.97 Å². The fourth-order valence-electron chi connectivity index (χ4n) is 1.43. The molecule has 0 amide bonds. The Morgan fingerprint density at radius 2 is 2.11 bits per heavy atom. The second kappa shape index (κ2) is 6.80. The van der Waals surface area contributed by atoms with Gasteiger partial charge in [-0.3, -0.25) is 4.98 Å². The number of thioether (sulfide) groups is 1. The van der Waals surface area contributed by atoms with Crippen LogP contribution < -0.4 is 5.73 Å². The van der Waals surface area contributed by atoms with Crippen LogP contribution in [0.5, 0.6) is 0 Å². The second-order valence-corrected chi connectivity index (χ2v) is 4.49. The maximum Gasteiger partial charge on any atom is 0.115 e. The maximum atomic E-state index is 5.39. The van der Waals surface area contributed by atoms with E-state index in [4.69, 9.17) is 5.73 Å². The van der Waals surface area contributed by atoms with Gasteiger partial charge in [0.2, 0.25) is 0 Å². The summed E-state index contributed by atoms with van der Waals surface area (Å²) in [6.45, 7) is 0.381. The second-order valence-electron chi connectivity index (χ2n) is 3.50. The van der Waals surface area contributed by atoms with E-state index >= 15 is 0 Å². The van der Waals surface area contributed by atoms with Crippen LogP contribution in [0.1, 0.15) is 11.1 Å². The quantitative estimate of drug-likeness (QED) is 0.674. The third-order valence-electron chi connectivity index (χ3n) is 2.26. The lowest BCUT2D eigenvalue weighted by atomic mass is 10.1. The van der Waals surface area contributed by atoms with Gasteiger partial charge in [0.05, 0.1) is 12.7 Å². The highest BCUT2D eigenvalue weighted by Gasteiger charge is 2.01. The number of rotatable bonds is 3. The van der Waals surface area contributed by atoms with E-state index in [2.05, 4.69) is 27.9 Å². The Kier molecular flexibility index (Phi) is 4.77. The zero-order chi connectivity index (χ0) is 12.6. The van der Waals surface area contributed by atoms with E-state index in [1.807, 2.05) is 18.2 Å². The van der Waals surface area contributed by atoms with Crippen LogP contribution in [0.25, 0.3) is 0 Å². The fourth-order valence-corrected chi connectivity index (χ4v) is 2.25. The molecule has 0 saturated carbocycles. The SMILES string of the molecule is NCC#Cc1ccccc1CSc1cnccn1. The molecule has 18 heavy (non-hydrogen) atoms. The molecule has 2 aromatic rings. The van der Waals surface area contributed by atoms with E-state index in [0.29, 0.717) is 6.54 Å². The molecule has 0 atom stereocenters. The fraction of sp³-hybridized carbons (Fsp3) is 0.143. The van der Waals surface area contributed by atoms with Crippen LogP contribution in [-0.2, 0) is 5.75 Å². The zero-order valence-electron chi connectivity index (χ0n) is 9.84. The minimum Gasteiger partial charge on any atom is -0.320 e. The molecular weight excluding hydrogens is 242 g/mol. The molecule has 0 aliphatic carbocycles. The van der Waals surface area contributed by atoms with Gasteiger partial charge in [-0.1, -0.05) is 30.0 Å². The van der Waals surface area contributed by atoms with Gasteiger partial charge in [0, 0.05) is 23.7 Å². The number of aromatic nitrogens is 2. The molecule has 1 aromatic heterocycles. The normalized spacial score (nSPS) is 9.61. The van der Waals surface area contributed by atoms with Gasteiger partial charge in [-0.25, -0.2) is 4.98 Å². The smallest absolute Gasteiger partial charge is 0.115 e. The lowest BCUT2D eigenvalue weighted by molar-refractivity contribution is 1.05. The van der Waals surface area contributed by atoms with Gasteiger partial charge in [0.1, 0.15) is 5.03 Å². The highest BCUT2D eigenvalue weighted by molar-refractivity contribution is 7.98. The molecule has 2 rings (SSSR count). The van der Waals surface area contributed by atoms with Gasteiger partial charge >= 0.3 is 0 Å². The minimum atomic E-state index is 0.381. The minimum absolute atomic E-state index is 0.381. The molecule has 4 heteroatoms. The van der Waals surface area contributed by atoms with Gasteiger partial charge < -0.3 is 5.73 Å². The van der Waals surface area contributed by atoms with Crippen molar-refractivity contribution in [3.8, 4) is 11.8 Å². The van der Waals surface area contributed by atoms with Crippen LogP contribution in [0.3, 0.4) is 0 Å². The molecule has 0 aliphatic rings. The molecular formula is C14H13N3S. The van der Waals surface area contributed by atoms with Crippen LogP contribution in [0.15, 0.2) is 47.9 Å². The predicted octanol–water partition coefficient (Wildman–Crippen LogP) is 2.08. The monoisotopic (exact) mass is 255 g/mol. The lowest BCUT2D eigenvalue weighted by Crippen LogP contribution is -1.94. The van der Waals surface area contributed by atoms with Crippen molar-refractivity contribution >= 4 is 11.8 Å². The Labute approximate surface area is 111 Å². The van der Waals surface area contributed by atoms with Crippen LogP contribution in [0.4, 0.5) is 0 Å². The largest absolute Gasteiger partial charge is 0.320 e. The highest BCUT2D eigenvalue weighted by atomic mass is 32.2. The molecule has 2 N–H and O–H groups in total. The van der Waals surface area contributed by atoms with Gasteiger partial charge in [-0.05, 0) is 11.6 Å². The van der Waals surface area contributed by atoms with E-state index in [0.717, 1.165) is 16.3 Å². The van der Waals surface area contributed by atoms with Gasteiger partial charge in [0.15, 0.2) is 0 Å². The first-order chi connectivity index (χ1) is 8.90. The summed E-state index contributed by atoms with van der Waals surface area (Å²) >= 11 is 1.65. The molecule has 0 fully saturated rings. The Morgan fingerprint density at radius 3 is 2.89 bits per heavy atom. The Balaban J connectivity index is 2.09. The summed E-state index contributed by atoms with van der Waals surface area (Å²) < 4.78 is 0. The topological polar surface area (TPSA) is 51.8 Å². The molecule has 1 heterocycles. The Morgan fingerprint density at radius 1 is 1.22 bits per heavy atom. The Bertz CT molecular complexity index is 558. The van der Waals surface area contributed by atoms with Gasteiger partial charge in [-0.15, -0.1) is 11.8 Å². The summed E-state index contributed by atoms with van der Waals surface area (Å²) in [5.41, 5.74) is 7.61. The molecule has 0 bridgehead atoms. The van der Waals surface area contributed by atoms with E-state index in [1.165, 1.54) is 5.56 Å². The first-order valence-corrected chi connectivity index (χ1v) is 6.54. The number of hydrogen-bond donors (Lipinski definition) is 1. The molecule has 0 radical (unpaired) electrons. The van der Waals surface area contributed by atoms with Crippen LogP contribution >= 0.6 is 11.8 Å². The van der Waals surface area contributed by atoms with Crippen molar-refractivity contribution < 1.29 is 0 Å². The molecule has 0 spiro atoms. The van der Waals surface area contributed by atoms with Gasteiger partial charge in [0.25, 0.3) is 0 Å². The zero-order valence-corrected chi connectivity index (χ0v) is 10.7.